The van der Waals surface area contributed by atoms with Crippen LogP contribution in [-0.4, -0.2) is 34.9 Å². The summed E-state index contributed by atoms with van der Waals surface area (Å²) < 4.78 is 0. The Balaban J connectivity index is 0.000000423. The fraction of sp³-hybridized carbons (Fsp3) is 0.750. The highest BCUT2D eigenvalue weighted by molar-refractivity contribution is 5.01. The number of hydrogen-bond acceptors (Lipinski definition) is 5. The van der Waals surface area contributed by atoms with Crippen LogP contribution in [-0.2, 0) is 0 Å². The summed E-state index contributed by atoms with van der Waals surface area (Å²) in [6.45, 7) is 3.86. The Morgan fingerprint density at radius 2 is 2.00 bits per heavy atom. The molecule has 86 valence electrons. The predicted octanol–water partition coefficient (Wildman–Crippen LogP) is 1.11. The zero-order chi connectivity index (χ0) is 11.8. The molecule has 0 aliphatic carbocycles. The van der Waals surface area contributed by atoms with Crippen molar-refractivity contribution in [3.05, 3.63) is 32.1 Å². The van der Waals surface area contributed by atoms with E-state index < -0.39 is 4.92 Å². The van der Waals surface area contributed by atoms with Gasteiger partial charge in [-0.15, -0.1) is 0 Å². The SMILES string of the molecule is CCN1CCCC1=C[N+](=O)[O-].C[N+](=O)[O-]. The Labute approximate surface area is 87.7 Å². The summed E-state index contributed by atoms with van der Waals surface area (Å²) in [4.78, 5) is 20.1. The Hall–Kier alpha value is -1.66. The van der Waals surface area contributed by atoms with Crippen LogP contribution in [0.3, 0.4) is 0 Å². The summed E-state index contributed by atoms with van der Waals surface area (Å²) in [5.74, 6) is 0. The van der Waals surface area contributed by atoms with E-state index in [2.05, 4.69) is 0 Å². The Morgan fingerprint density at radius 3 is 2.40 bits per heavy atom. The van der Waals surface area contributed by atoms with Crippen LogP contribution >= 0.6 is 0 Å². The second-order valence-electron chi connectivity index (χ2n) is 3.03. The third-order valence-electron chi connectivity index (χ3n) is 1.90. The van der Waals surface area contributed by atoms with E-state index in [1.54, 1.807) is 0 Å². The van der Waals surface area contributed by atoms with E-state index in [4.69, 9.17) is 10.1 Å². The minimum atomic E-state index is -0.500. The van der Waals surface area contributed by atoms with Gasteiger partial charge < -0.3 is 4.90 Å². The summed E-state index contributed by atoms with van der Waals surface area (Å²) in [5.41, 5.74) is 0.873. The summed E-state index contributed by atoms with van der Waals surface area (Å²) in [6, 6.07) is 0. The maximum absolute atomic E-state index is 10.1. The lowest BCUT2D eigenvalue weighted by molar-refractivity contribution is -0.445. The van der Waals surface area contributed by atoms with Crippen molar-refractivity contribution in [3.8, 4) is 0 Å². The number of nitro groups is 2. The molecule has 1 aliphatic rings. The van der Waals surface area contributed by atoms with Crippen molar-refractivity contribution in [2.75, 3.05) is 20.1 Å². The number of rotatable bonds is 2. The molecule has 7 heteroatoms. The predicted molar refractivity (Wildman–Crippen MR) is 54.5 cm³/mol. The van der Waals surface area contributed by atoms with Gasteiger partial charge in [0, 0.05) is 18.0 Å². The van der Waals surface area contributed by atoms with Crippen LogP contribution in [0.2, 0.25) is 0 Å². The van der Waals surface area contributed by atoms with Crippen molar-refractivity contribution in [2.24, 2.45) is 0 Å². The Kier molecular flexibility index (Phi) is 6.00. The Morgan fingerprint density at radius 1 is 1.47 bits per heavy atom. The second-order valence-corrected chi connectivity index (χ2v) is 3.03. The summed E-state index contributed by atoms with van der Waals surface area (Å²) in [6.07, 6.45) is 3.03. The van der Waals surface area contributed by atoms with Crippen LogP contribution in [0.1, 0.15) is 19.8 Å². The topological polar surface area (TPSA) is 89.5 Å². The average molecular weight is 217 g/mol. The van der Waals surface area contributed by atoms with Gasteiger partial charge in [-0.2, -0.15) is 0 Å². The molecular formula is C8H15N3O4. The fourth-order valence-electron chi connectivity index (χ4n) is 1.38. The van der Waals surface area contributed by atoms with E-state index in [1.807, 2.05) is 11.8 Å². The van der Waals surface area contributed by atoms with Gasteiger partial charge in [-0.1, -0.05) is 0 Å². The maximum atomic E-state index is 10.1. The van der Waals surface area contributed by atoms with Crippen molar-refractivity contribution in [2.45, 2.75) is 19.8 Å². The average Bonchev–Trinajstić information content (AvgIpc) is 2.49. The van der Waals surface area contributed by atoms with Crippen molar-refractivity contribution < 1.29 is 9.85 Å². The molecule has 1 aliphatic heterocycles. The highest BCUT2D eigenvalue weighted by atomic mass is 16.6. The number of allylic oxidation sites excluding steroid dienone is 1. The molecule has 0 spiro atoms. The molecule has 0 aromatic heterocycles. The van der Waals surface area contributed by atoms with E-state index in [9.17, 15) is 10.1 Å². The van der Waals surface area contributed by atoms with Crippen LogP contribution in [0.25, 0.3) is 0 Å². The first-order valence-corrected chi connectivity index (χ1v) is 4.64. The molecule has 0 saturated carbocycles. The first-order chi connectivity index (χ1) is 6.97. The van der Waals surface area contributed by atoms with E-state index >= 15 is 0 Å². The lowest BCUT2D eigenvalue weighted by Gasteiger charge is -2.14. The van der Waals surface area contributed by atoms with Crippen molar-refractivity contribution in [1.29, 1.82) is 0 Å². The molecule has 7 nitrogen and oxygen atoms in total. The summed E-state index contributed by atoms with van der Waals surface area (Å²) in [5, 5.41) is 18.9. The largest absolute Gasteiger partial charge is 0.370 e. The van der Waals surface area contributed by atoms with Crippen molar-refractivity contribution >= 4 is 0 Å². The van der Waals surface area contributed by atoms with E-state index in [0.29, 0.717) is 0 Å². The van der Waals surface area contributed by atoms with E-state index in [0.717, 1.165) is 44.9 Å². The molecule has 1 rings (SSSR count). The lowest BCUT2D eigenvalue weighted by Crippen LogP contribution is -2.17. The molecule has 1 saturated heterocycles. The van der Waals surface area contributed by atoms with Crippen LogP contribution in [0.15, 0.2) is 11.9 Å². The third kappa shape index (κ3) is 6.42. The first-order valence-electron chi connectivity index (χ1n) is 4.64. The zero-order valence-corrected chi connectivity index (χ0v) is 8.88. The van der Waals surface area contributed by atoms with Crippen LogP contribution in [0.5, 0.6) is 0 Å². The van der Waals surface area contributed by atoms with Gasteiger partial charge in [-0.25, -0.2) is 0 Å². The van der Waals surface area contributed by atoms with E-state index in [1.165, 1.54) is 0 Å². The quantitative estimate of drug-likeness (QED) is 0.510. The molecule has 0 unspecified atom stereocenters. The van der Waals surface area contributed by atoms with Gasteiger partial charge in [-0.3, -0.25) is 20.2 Å². The zero-order valence-electron chi connectivity index (χ0n) is 8.88. The Bertz CT molecular complexity index is 261. The molecule has 0 aromatic carbocycles. The molecule has 1 fully saturated rings. The fourth-order valence-corrected chi connectivity index (χ4v) is 1.38. The highest BCUT2D eigenvalue weighted by Crippen LogP contribution is 2.19. The number of nitrogens with zero attached hydrogens (tertiary/aromatic N) is 3. The molecule has 0 radical (unpaired) electrons. The molecule has 0 aromatic rings. The molecule has 0 amide bonds. The van der Waals surface area contributed by atoms with Gasteiger partial charge in [0.1, 0.15) is 0 Å². The summed E-state index contributed by atoms with van der Waals surface area (Å²) >= 11 is 0. The van der Waals surface area contributed by atoms with Crippen molar-refractivity contribution in [3.63, 3.8) is 0 Å². The minimum Gasteiger partial charge on any atom is -0.370 e. The molecular weight excluding hydrogens is 202 g/mol. The van der Waals surface area contributed by atoms with Crippen LogP contribution < -0.4 is 0 Å². The molecule has 0 atom stereocenters. The highest BCUT2D eigenvalue weighted by Gasteiger charge is 2.17. The van der Waals surface area contributed by atoms with Gasteiger partial charge in [0.05, 0.1) is 10.6 Å². The standard InChI is InChI=1S/C7H12N2O2.CH3NO2/c1-2-8-5-3-4-7(8)6-9(10)11;1-2(3)4/h6H,2-5H2,1H3;1H3. The normalized spacial score (nSPS) is 17.2. The van der Waals surface area contributed by atoms with Gasteiger partial charge in [0.15, 0.2) is 7.05 Å². The molecule has 1 heterocycles. The monoisotopic (exact) mass is 217 g/mol. The number of hydrogen-bond donors (Lipinski definition) is 0. The first kappa shape index (κ1) is 13.3. The maximum Gasteiger partial charge on any atom is 0.253 e. The smallest absolute Gasteiger partial charge is 0.253 e. The minimum absolute atomic E-state index is 0.372. The molecule has 15 heavy (non-hydrogen) atoms. The summed E-state index contributed by atoms with van der Waals surface area (Å²) in [7, 11) is 0.889. The van der Waals surface area contributed by atoms with Gasteiger partial charge in [0.2, 0.25) is 0 Å². The molecule has 0 bridgehead atoms. The van der Waals surface area contributed by atoms with E-state index in [-0.39, 0.29) is 4.92 Å². The second kappa shape index (κ2) is 6.74. The van der Waals surface area contributed by atoms with Crippen LogP contribution in [0.4, 0.5) is 0 Å². The lowest BCUT2D eigenvalue weighted by atomic mass is 10.3. The molecule has 0 N–H and O–H groups in total. The number of likely N-dealkylation sites (tertiary alicyclic amines) is 1. The van der Waals surface area contributed by atoms with Gasteiger partial charge in [0.25, 0.3) is 6.20 Å². The van der Waals surface area contributed by atoms with Crippen LogP contribution in [0, 0.1) is 20.2 Å². The van der Waals surface area contributed by atoms with Crippen molar-refractivity contribution in [1.82, 2.24) is 4.90 Å². The van der Waals surface area contributed by atoms with Gasteiger partial charge >= 0.3 is 0 Å². The van der Waals surface area contributed by atoms with Gasteiger partial charge in [-0.05, 0) is 19.8 Å². The third-order valence-corrected chi connectivity index (χ3v) is 1.90.